The fourth-order valence-corrected chi connectivity index (χ4v) is 2.53. The van der Waals surface area contributed by atoms with Crippen molar-refractivity contribution in [3.63, 3.8) is 0 Å². The molecule has 2 aromatic rings. The predicted molar refractivity (Wildman–Crippen MR) is 74.9 cm³/mol. The molecule has 2 aromatic heterocycles. The van der Waals surface area contributed by atoms with Crippen LogP contribution < -0.4 is 11.1 Å². The number of thiazole rings is 1. The van der Waals surface area contributed by atoms with Crippen LogP contribution in [0.1, 0.15) is 5.69 Å². The van der Waals surface area contributed by atoms with Crippen LogP contribution in [-0.4, -0.2) is 21.6 Å². The molecule has 0 aliphatic carbocycles. The van der Waals surface area contributed by atoms with E-state index in [1.165, 1.54) is 23.1 Å². The Morgan fingerprint density at radius 1 is 1.56 bits per heavy atom. The van der Waals surface area contributed by atoms with Crippen molar-refractivity contribution in [1.82, 2.24) is 9.97 Å². The molecular weight excluding hydrogens is 268 g/mol. The average Bonchev–Trinajstić information content (AvgIpc) is 2.74. The maximum absolute atomic E-state index is 11.6. The number of hydrogen-bond acceptors (Lipinski definition) is 6. The molecule has 0 aromatic carbocycles. The molecule has 0 spiro atoms. The summed E-state index contributed by atoms with van der Waals surface area (Å²) in [5, 5.41) is 6.03. The monoisotopic (exact) mass is 280 g/mol. The van der Waals surface area contributed by atoms with Crippen LogP contribution in [-0.2, 0) is 4.79 Å². The molecule has 7 heteroatoms. The second kappa shape index (κ2) is 5.83. The first-order valence-corrected chi connectivity index (χ1v) is 7.06. The van der Waals surface area contributed by atoms with E-state index >= 15 is 0 Å². The van der Waals surface area contributed by atoms with Gasteiger partial charge in [-0.3, -0.25) is 4.79 Å². The van der Waals surface area contributed by atoms with Gasteiger partial charge in [-0.1, -0.05) is 11.8 Å². The van der Waals surface area contributed by atoms with Gasteiger partial charge in [0.05, 0.1) is 28.4 Å². The fraction of sp³-hybridized carbons (Fsp3) is 0.182. The first-order chi connectivity index (χ1) is 8.63. The van der Waals surface area contributed by atoms with Crippen LogP contribution >= 0.6 is 23.1 Å². The molecule has 2 heterocycles. The van der Waals surface area contributed by atoms with E-state index in [4.69, 9.17) is 5.73 Å². The number of aryl methyl sites for hydroxylation is 1. The van der Waals surface area contributed by atoms with Gasteiger partial charge in [0, 0.05) is 5.38 Å². The number of carbonyl (C=O) groups is 1. The van der Waals surface area contributed by atoms with E-state index in [9.17, 15) is 4.79 Å². The summed E-state index contributed by atoms with van der Waals surface area (Å²) in [6, 6.07) is 3.55. The maximum Gasteiger partial charge on any atom is 0.236 e. The van der Waals surface area contributed by atoms with Crippen molar-refractivity contribution in [2.75, 3.05) is 16.8 Å². The van der Waals surface area contributed by atoms with Gasteiger partial charge in [0.25, 0.3) is 0 Å². The standard InChI is InChI=1S/C11H12N4OS2/c1-7-5-18-11(14-7)15-9(16)6-17-10-3-2-8(12)4-13-10/h2-5H,6,12H2,1H3,(H,14,15,16). The lowest BCUT2D eigenvalue weighted by Gasteiger charge is -2.01. The van der Waals surface area contributed by atoms with Crippen molar-refractivity contribution in [3.8, 4) is 0 Å². The highest BCUT2D eigenvalue weighted by atomic mass is 32.2. The van der Waals surface area contributed by atoms with Crippen LogP contribution in [0, 0.1) is 6.92 Å². The Morgan fingerprint density at radius 2 is 2.39 bits per heavy atom. The van der Waals surface area contributed by atoms with Gasteiger partial charge >= 0.3 is 0 Å². The molecule has 0 bridgehead atoms. The van der Waals surface area contributed by atoms with E-state index < -0.39 is 0 Å². The molecule has 0 atom stereocenters. The molecule has 0 aliphatic rings. The van der Waals surface area contributed by atoms with Gasteiger partial charge in [-0.05, 0) is 19.1 Å². The Bertz CT molecular complexity index is 538. The smallest absolute Gasteiger partial charge is 0.236 e. The number of nitrogens with one attached hydrogen (secondary N) is 1. The molecule has 0 saturated heterocycles. The van der Waals surface area contributed by atoms with E-state index in [-0.39, 0.29) is 5.91 Å². The third-order valence-corrected chi connectivity index (χ3v) is 3.80. The Labute approximate surface area is 113 Å². The quantitative estimate of drug-likeness (QED) is 0.839. The highest BCUT2D eigenvalue weighted by Gasteiger charge is 2.06. The highest BCUT2D eigenvalue weighted by molar-refractivity contribution is 7.99. The second-order valence-corrected chi connectivity index (χ2v) is 5.41. The van der Waals surface area contributed by atoms with Crippen molar-refractivity contribution < 1.29 is 4.79 Å². The molecule has 3 N–H and O–H groups in total. The van der Waals surface area contributed by atoms with Crippen molar-refractivity contribution in [1.29, 1.82) is 0 Å². The summed E-state index contributed by atoms with van der Waals surface area (Å²) in [5.74, 6) is 0.211. The third-order valence-electron chi connectivity index (χ3n) is 1.98. The number of nitrogens with zero attached hydrogens (tertiary/aromatic N) is 2. The highest BCUT2D eigenvalue weighted by Crippen LogP contribution is 2.18. The average molecular weight is 280 g/mol. The zero-order chi connectivity index (χ0) is 13.0. The fourth-order valence-electron chi connectivity index (χ4n) is 1.18. The summed E-state index contributed by atoms with van der Waals surface area (Å²) in [6.07, 6.45) is 1.57. The molecule has 0 aliphatic heterocycles. The molecule has 0 saturated carbocycles. The van der Waals surface area contributed by atoms with Crippen molar-refractivity contribution in [2.45, 2.75) is 11.9 Å². The number of nitrogens with two attached hydrogens (primary N) is 1. The minimum Gasteiger partial charge on any atom is -0.397 e. The summed E-state index contributed by atoms with van der Waals surface area (Å²) >= 11 is 2.78. The van der Waals surface area contributed by atoms with Crippen LogP contribution in [0.4, 0.5) is 10.8 Å². The number of carbonyl (C=O) groups excluding carboxylic acids is 1. The Morgan fingerprint density at radius 3 is 3.00 bits per heavy atom. The molecule has 0 radical (unpaired) electrons. The minimum atomic E-state index is -0.0898. The topological polar surface area (TPSA) is 80.9 Å². The van der Waals surface area contributed by atoms with Gasteiger partial charge in [0.1, 0.15) is 0 Å². The van der Waals surface area contributed by atoms with E-state index in [1.54, 1.807) is 18.3 Å². The van der Waals surface area contributed by atoms with E-state index in [0.29, 0.717) is 16.6 Å². The predicted octanol–water partition coefficient (Wildman–Crippen LogP) is 2.16. The van der Waals surface area contributed by atoms with Crippen molar-refractivity contribution >= 4 is 39.8 Å². The minimum absolute atomic E-state index is 0.0898. The Hall–Kier alpha value is -1.60. The number of thioether (sulfide) groups is 1. The SMILES string of the molecule is Cc1csc(NC(=O)CSc2ccc(N)cn2)n1. The van der Waals surface area contributed by atoms with E-state index in [0.717, 1.165) is 10.7 Å². The number of amides is 1. The molecular formula is C11H12N4OS2. The third kappa shape index (κ3) is 3.71. The molecule has 0 unspecified atom stereocenters. The van der Waals surface area contributed by atoms with Crippen LogP contribution in [0.25, 0.3) is 0 Å². The van der Waals surface area contributed by atoms with Crippen LogP contribution in [0.2, 0.25) is 0 Å². The lowest BCUT2D eigenvalue weighted by Crippen LogP contribution is -2.13. The molecule has 94 valence electrons. The molecule has 0 fully saturated rings. The number of rotatable bonds is 4. The first kappa shape index (κ1) is 12.8. The van der Waals surface area contributed by atoms with Crippen LogP contribution in [0.15, 0.2) is 28.7 Å². The van der Waals surface area contributed by atoms with Gasteiger partial charge in [-0.2, -0.15) is 0 Å². The number of hydrogen-bond donors (Lipinski definition) is 2. The molecule has 2 rings (SSSR count). The van der Waals surface area contributed by atoms with Gasteiger partial charge < -0.3 is 11.1 Å². The summed E-state index contributed by atoms with van der Waals surface area (Å²) in [4.78, 5) is 19.9. The number of pyridine rings is 1. The van der Waals surface area contributed by atoms with Gasteiger partial charge in [0.2, 0.25) is 5.91 Å². The number of nitrogen functional groups attached to an aromatic ring is 1. The maximum atomic E-state index is 11.6. The van der Waals surface area contributed by atoms with Crippen LogP contribution in [0.3, 0.4) is 0 Å². The summed E-state index contributed by atoms with van der Waals surface area (Å²) in [7, 11) is 0. The zero-order valence-electron chi connectivity index (χ0n) is 9.71. The van der Waals surface area contributed by atoms with Crippen LogP contribution in [0.5, 0.6) is 0 Å². The zero-order valence-corrected chi connectivity index (χ0v) is 11.3. The second-order valence-electron chi connectivity index (χ2n) is 3.56. The first-order valence-electron chi connectivity index (χ1n) is 5.20. The largest absolute Gasteiger partial charge is 0.397 e. The summed E-state index contributed by atoms with van der Waals surface area (Å²) in [5.41, 5.74) is 7.05. The molecule has 18 heavy (non-hydrogen) atoms. The van der Waals surface area contributed by atoms with E-state index in [1.807, 2.05) is 12.3 Å². The van der Waals surface area contributed by atoms with Gasteiger partial charge in [-0.15, -0.1) is 11.3 Å². The lowest BCUT2D eigenvalue weighted by molar-refractivity contribution is -0.113. The normalized spacial score (nSPS) is 10.3. The van der Waals surface area contributed by atoms with Gasteiger partial charge in [0.15, 0.2) is 5.13 Å². The molecule has 5 nitrogen and oxygen atoms in total. The van der Waals surface area contributed by atoms with Gasteiger partial charge in [-0.25, -0.2) is 9.97 Å². The van der Waals surface area contributed by atoms with Crippen molar-refractivity contribution in [2.24, 2.45) is 0 Å². The van der Waals surface area contributed by atoms with E-state index in [2.05, 4.69) is 15.3 Å². The number of aromatic nitrogens is 2. The lowest BCUT2D eigenvalue weighted by atomic mass is 10.4. The summed E-state index contributed by atoms with van der Waals surface area (Å²) < 4.78 is 0. The summed E-state index contributed by atoms with van der Waals surface area (Å²) in [6.45, 7) is 1.89. The Kier molecular flexibility index (Phi) is 4.16. The number of anilines is 2. The Balaban J connectivity index is 1.83. The van der Waals surface area contributed by atoms with Crippen molar-refractivity contribution in [3.05, 3.63) is 29.4 Å². The molecule has 1 amide bonds.